The van der Waals surface area contributed by atoms with Gasteiger partial charge in [-0.05, 0) is 29.9 Å². The summed E-state index contributed by atoms with van der Waals surface area (Å²) in [6, 6.07) is 7.64. The molecule has 0 spiro atoms. The average Bonchev–Trinajstić information content (AvgIpc) is 2.46. The number of nitrogens with one attached hydrogen (secondary N) is 1. The number of rotatable bonds is 5. The van der Waals surface area contributed by atoms with Crippen molar-refractivity contribution in [3.05, 3.63) is 35.4 Å². The molecule has 1 aromatic carbocycles. The van der Waals surface area contributed by atoms with Crippen molar-refractivity contribution in [2.24, 2.45) is 5.92 Å². The summed E-state index contributed by atoms with van der Waals surface area (Å²) < 4.78 is 28.7. The van der Waals surface area contributed by atoms with Crippen LogP contribution in [0.5, 0.6) is 0 Å². The number of benzene rings is 1. The quantitative estimate of drug-likeness (QED) is 0.848. The molecule has 0 aliphatic carbocycles. The van der Waals surface area contributed by atoms with Gasteiger partial charge in [-0.25, -0.2) is 0 Å². The molecule has 0 amide bonds. The summed E-state index contributed by atoms with van der Waals surface area (Å²) in [5.41, 5.74) is 1.97. The molecular formula is C14H21ClN2O2S. The standard InChI is InChI=1S/C14H21ClN2O2S/c1-12-3-2-8-17(11-12)20(18,19)16-10-14-6-4-13(9-15)5-7-14/h4-7,12,16H,2-3,8-11H2,1H3. The van der Waals surface area contributed by atoms with E-state index in [9.17, 15) is 8.42 Å². The van der Waals surface area contributed by atoms with Crippen LogP contribution in [0.2, 0.25) is 0 Å². The highest BCUT2D eigenvalue weighted by atomic mass is 35.5. The molecule has 1 heterocycles. The molecule has 6 heteroatoms. The molecule has 4 nitrogen and oxygen atoms in total. The van der Waals surface area contributed by atoms with Gasteiger partial charge in [0.1, 0.15) is 0 Å². The summed E-state index contributed by atoms with van der Waals surface area (Å²) in [5.74, 6) is 0.904. The van der Waals surface area contributed by atoms with E-state index in [1.165, 1.54) is 0 Å². The highest BCUT2D eigenvalue weighted by molar-refractivity contribution is 7.87. The predicted octanol–water partition coefficient (Wildman–Crippen LogP) is 2.49. The Hall–Kier alpha value is -0.620. The smallest absolute Gasteiger partial charge is 0.198 e. The minimum atomic E-state index is -3.37. The summed E-state index contributed by atoms with van der Waals surface area (Å²) in [7, 11) is -3.37. The fraction of sp³-hybridized carbons (Fsp3) is 0.571. The second-order valence-corrected chi connectivity index (χ2v) is 7.40. The topological polar surface area (TPSA) is 49.4 Å². The van der Waals surface area contributed by atoms with Gasteiger partial charge in [0.25, 0.3) is 10.2 Å². The zero-order valence-electron chi connectivity index (χ0n) is 11.7. The van der Waals surface area contributed by atoms with Crippen LogP contribution < -0.4 is 4.72 Å². The SMILES string of the molecule is CC1CCCN(S(=O)(=O)NCc2ccc(CCl)cc2)C1. The normalized spacial score (nSPS) is 21.0. The van der Waals surface area contributed by atoms with E-state index in [-0.39, 0.29) is 0 Å². The first kappa shape index (κ1) is 15.8. The maximum absolute atomic E-state index is 12.2. The van der Waals surface area contributed by atoms with Crippen LogP contribution in [0.3, 0.4) is 0 Å². The van der Waals surface area contributed by atoms with Gasteiger partial charge in [-0.3, -0.25) is 0 Å². The molecule has 20 heavy (non-hydrogen) atoms. The van der Waals surface area contributed by atoms with E-state index in [0.717, 1.165) is 24.0 Å². The van der Waals surface area contributed by atoms with Gasteiger partial charge in [0.15, 0.2) is 0 Å². The van der Waals surface area contributed by atoms with Gasteiger partial charge < -0.3 is 0 Å². The molecule has 112 valence electrons. The lowest BCUT2D eigenvalue weighted by Gasteiger charge is -2.30. The monoisotopic (exact) mass is 316 g/mol. The second-order valence-electron chi connectivity index (χ2n) is 5.38. The summed E-state index contributed by atoms with van der Waals surface area (Å²) >= 11 is 5.73. The Morgan fingerprint density at radius 1 is 1.30 bits per heavy atom. The Morgan fingerprint density at radius 2 is 1.95 bits per heavy atom. The fourth-order valence-electron chi connectivity index (χ4n) is 2.38. The van der Waals surface area contributed by atoms with Crippen molar-refractivity contribution in [3.63, 3.8) is 0 Å². The van der Waals surface area contributed by atoms with Crippen molar-refractivity contribution in [2.75, 3.05) is 13.1 Å². The van der Waals surface area contributed by atoms with Gasteiger partial charge in [-0.2, -0.15) is 17.4 Å². The molecule has 1 aliphatic rings. The molecule has 1 fully saturated rings. The van der Waals surface area contributed by atoms with Crippen LogP contribution in [-0.4, -0.2) is 25.8 Å². The van der Waals surface area contributed by atoms with Crippen LogP contribution in [0.15, 0.2) is 24.3 Å². The number of hydrogen-bond acceptors (Lipinski definition) is 2. The maximum atomic E-state index is 12.2. The molecule has 0 radical (unpaired) electrons. The molecule has 1 unspecified atom stereocenters. The largest absolute Gasteiger partial charge is 0.279 e. The predicted molar refractivity (Wildman–Crippen MR) is 81.7 cm³/mol. The van der Waals surface area contributed by atoms with E-state index in [1.54, 1.807) is 4.31 Å². The Morgan fingerprint density at radius 3 is 2.55 bits per heavy atom. The third-order valence-electron chi connectivity index (χ3n) is 3.60. The van der Waals surface area contributed by atoms with E-state index in [0.29, 0.717) is 31.4 Å². The molecule has 0 aromatic heterocycles. The molecular weight excluding hydrogens is 296 g/mol. The maximum Gasteiger partial charge on any atom is 0.279 e. The summed E-state index contributed by atoms with van der Waals surface area (Å²) in [6.45, 7) is 3.63. The molecule has 1 saturated heterocycles. The third-order valence-corrected chi connectivity index (χ3v) is 5.42. The lowest BCUT2D eigenvalue weighted by molar-refractivity contribution is 0.278. The Kier molecular flexibility index (Phi) is 5.43. The molecule has 1 aromatic rings. The van der Waals surface area contributed by atoms with Gasteiger partial charge in [0, 0.05) is 25.5 Å². The van der Waals surface area contributed by atoms with E-state index in [1.807, 2.05) is 24.3 Å². The zero-order chi connectivity index (χ0) is 14.6. The van der Waals surface area contributed by atoms with Gasteiger partial charge in [-0.1, -0.05) is 31.2 Å². The van der Waals surface area contributed by atoms with Crippen LogP contribution >= 0.6 is 11.6 Å². The van der Waals surface area contributed by atoms with Gasteiger partial charge in [0.05, 0.1) is 0 Å². The van der Waals surface area contributed by atoms with Crippen LogP contribution in [0.25, 0.3) is 0 Å². The second kappa shape index (κ2) is 6.89. The molecule has 1 aliphatic heterocycles. The van der Waals surface area contributed by atoms with Crippen LogP contribution in [0, 0.1) is 5.92 Å². The summed E-state index contributed by atoms with van der Waals surface area (Å²) in [5, 5.41) is 0. The van der Waals surface area contributed by atoms with Crippen LogP contribution in [0.1, 0.15) is 30.9 Å². The number of piperidine rings is 1. The summed E-state index contributed by atoms with van der Waals surface area (Å²) in [4.78, 5) is 0. The van der Waals surface area contributed by atoms with E-state index in [4.69, 9.17) is 11.6 Å². The van der Waals surface area contributed by atoms with Crippen LogP contribution in [-0.2, 0) is 22.6 Å². The van der Waals surface area contributed by atoms with Crippen molar-refractivity contribution in [1.29, 1.82) is 0 Å². The zero-order valence-corrected chi connectivity index (χ0v) is 13.3. The van der Waals surface area contributed by atoms with Gasteiger partial charge in [-0.15, -0.1) is 11.6 Å². The van der Waals surface area contributed by atoms with E-state index < -0.39 is 10.2 Å². The Labute approximate surface area is 126 Å². The summed E-state index contributed by atoms with van der Waals surface area (Å²) in [6.07, 6.45) is 2.04. The minimum absolute atomic E-state index is 0.315. The van der Waals surface area contributed by atoms with Gasteiger partial charge in [0.2, 0.25) is 0 Å². The number of hydrogen-bond donors (Lipinski definition) is 1. The molecule has 0 saturated carbocycles. The molecule has 2 rings (SSSR count). The van der Waals surface area contributed by atoms with Crippen molar-refractivity contribution in [1.82, 2.24) is 9.03 Å². The van der Waals surface area contributed by atoms with Crippen molar-refractivity contribution in [2.45, 2.75) is 32.2 Å². The Bertz CT molecular complexity index is 531. The molecule has 1 N–H and O–H groups in total. The van der Waals surface area contributed by atoms with E-state index >= 15 is 0 Å². The lowest BCUT2D eigenvalue weighted by atomic mass is 10.0. The highest BCUT2D eigenvalue weighted by Crippen LogP contribution is 2.18. The average molecular weight is 317 g/mol. The first-order chi connectivity index (χ1) is 9.51. The van der Waals surface area contributed by atoms with Crippen LogP contribution in [0.4, 0.5) is 0 Å². The van der Waals surface area contributed by atoms with E-state index in [2.05, 4.69) is 11.6 Å². The Balaban J connectivity index is 1.94. The fourth-order valence-corrected chi connectivity index (χ4v) is 3.91. The van der Waals surface area contributed by atoms with Crippen molar-refractivity contribution < 1.29 is 8.42 Å². The number of halogens is 1. The van der Waals surface area contributed by atoms with Crippen molar-refractivity contribution >= 4 is 21.8 Å². The van der Waals surface area contributed by atoms with Crippen molar-refractivity contribution in [3.8, 4) is 0 Å². The first-order valence-electron chi connectivity index (χ1n) is 6.90. The third kappa shape index (κ3) is 4.19. The molecule has 0 bridgehead atoms. The molecule has 1 atom stereocenters. The number of nitrogens with zero attached hydrogens (tertiary/aromatic N) is 1. The van der Waals surface area contributed by atoms with Gasteiger partial charge >= 0.3 is 0 Å². The highest BCUT2D eigenvalue weighted by Gasteiger charge is 2.26. The number of alkyl halides is 1. The first-order valence-corrected chi connectivity index (χ1v) is 8.87. The minimum Gasteiger partial charge on any atom is -0.198 e. The lowest BCUT2D eigenvalue weighted by Crippen LogP contribution is -2.45.